The molecular weight excluding hydrogens is 270 g/mol. The SMILES string of the molecule is CCOc1c(C(=O)NOCC(N)=O)cccc1[N+](=O)[O-]. The maximum atomic E-state index is 11.8. The van der Waals surface area contributed by atoms with E-state index in [4.69, 9.17) is 10.5 Å². The van der Waals surface area contributed by atoms with Crippen LogP contribution in [0.1, 0.15) is 17.3 Å². The van der Waals surface area contributed by atoms with Crippen molar-refractivity contribution in [3.05, 3.63) is 33.9 Å². The summed E-state index contributed by atoms with van der Waals surface area (Å²) in [6.45, 7) is 1.26. The zero-order valence-electron chi connectivity index (χ0n) is 10.6. The molecule has 0 unspecified atom stereocenters. The first-order chi connectivity index (χ1) is 9.47. The van der Waals surface area contributed by atoms with Crippen LogP contribution in [0.15, 0.2) is 18.2 Å². The van der Waals surface area contributed by atoms with Crippen LogP contribution in [0.2, 0.25) is 0 Å². The van der Waals surface area contributed by atoms with Crippen molar-refractivity contribution in [1.82, 2.24) is 5.48 Å². The molecule has 20 heavy (non-hydrogen) atoms. The largest absolute Gasteiger partial charge is 0.487 e. The van der Waals surface area contributed by atoms with Gasteiger partial charge in [0.25, 0.3) is 5.91 Å². The van der Waals surface area contributed by atoms with Crippen LogP contribution >= 0.6 is 0 Å². The highest BCUT2D eigenvalue weighted by molar-refractivity contribution is 5.97. The number of hydrogen-bond acceptors (Lipinski definition) is 6. The second-order valence-corrected chi connectivity index (χ2v) is 3.53. The van der Waals surface area contributed by atoms with Crippen LogP contribution in [0.5, 0.6) is 5.75 Å². The summed E-state index contributed by atoms with van der Waals surface area (Å²) in [5.74, 6) is -1.71. The molecule has 3 N–H and O–H groups in total. The van der Waals surface area contributed by atoms with E-state index in [0.717, 1.165) is 0 Å². The molecule has 0 saturated carbocycles. The van der Waals surface area contributed by atoms with Crippen molar-refractivity contribution in [2.75, 3.05) is 13.2 Å². The zero-order valence-corrected chi connectivity index (χ0v) is 10.6. The van der Waals surface area contributed by atoms with Gasteiger partial charge in [0, 0.05) is 6.07 Å². The fraction of sp³-hybridized carbons (Fsp3) is 0.273. The Labute approximate surface area is 113 Å². The van der Waals surface area contributed by atoms with Gasteiger partial charge in [0.15, 0.2) is 6.61 Å². The van der Waals surface area contributed by atoms with E-state index in [9.17, 15) is 19.7 Å². The average molecular weight is 283 g/mol. The van der Waals surface area contributed by atoms with E-state index in [-0.39, 0.29) is 23.6 Å². The molecular formula is C11H13N3O6. The first kappa shape index (κ1) is 15.4. The maximum Gasteiger partial charge on any atom is 0.311 e. The molecule has 0 bridgehead atoms. The predicted molar refractivity (Wildman–Crippen MR) is 66.9 cm³/mol. The van der Waals surface area contributed by atoms with Gasteiger partial charge in [0.1, 0.15) is 0 Å². The van der Waals surface area contributed by atoms with Crippen LogP contribution in [0.4, 0.5) is 5.69 Å². The molecule has 1 aromatic carbocycles. The van der Waals surface area contributed by atoms with Gasteiger partial charge in [-0.1, -0.05) is 6.07 Å². The smallest absolute Gasteiger partial charge is 0.311 e. The molecule has 0 aliphatic carbocycles. The number of rotatable bonds is 7. The number of nitro benzene ring substituents is 1. The summed E-state index contributed by atoms with van der Waals surface area (Å²) < 4.78 is 5.13. The lowest BCUT2D eigenvalue weighted by Crippen LogP contribution is -2.29. The van der Waals surface area contributed by atoms with Gasteiger partial charge in [0.05, 0.1) is 17.1 Å². The van der Waals surface area contributed by atoms with Gasteiger partial charge in [0.2, 0.25) is 11.7 Å². The Morgan fingerprint density at radius 3 is 2.70 bits per heavy atom. The number of nitro groups is 1. The fourth-order valence-electron chi connectivity index (χ4n) is 1.37. The summed E-state index contributed by atoms with van der Waals surface area (Å²) in [5.41, 5.74) is 6.37. The Kier molecular flexibility index (Phi) is 5.42. The molecule has 2 amide bonds. The Morgan fingerprint density at radius 1 is 1.45 bits per heavy atom. The number of nitrogens with two attached hydrogens (primary N) is 1. The summed E-state index contributed by atoms with van der Waals surface area (Å²) >= 11 is 0. The Bertz CT molecular complexity index is 531. The molecule has 0 radical (unpaired) electrons. The number of nitrogens with zero attached hydrogens (tertiary/aromatic N) is 1. The topological polar surface area (TPSA) is 134 Å². The number of hydroxylamine groups is 1. The molecule has 0 heterocycles. The van der Waals surface area contributed by atoms with Crippen LogP contribution in [-0.4, -0.2) is 30.0 Å². The van der Waals surface area contributed by atoms with Crippen molar-refractivity contribution in [2.24, 2.45) is 5.73 Å². The second-order valence-electron chi connectivity index (χ2n) is 3.53. The van der Waals surface area contributed by atoms with Gasteiger partial charge in [-0.25, -0.2) is 5.48 Å². The van der Waals surface area contributed by atoms with E-state index >= 15 is 0 Å². The van der Waals surface area contributed by atoms with Crippen molar-refractivity contribution in [3.8, 4) is 5.75 Å². The molecule has 1 rings (SSSR count). The van der Waals surface area contributed by atoms with Gasteiger partial charge in [-0.2, -0.15) is 0 Å². The van der Waals surface area contributed by atoms with E-state index in [0.29, 0.717) is 0 Å². The number of primary amides is 1. The molecule has 0 aromatic heterocycles. The third kappa shape index (κ3) is 3.92. The minimum absolute atomic E-state index is 0.0782. The van der Waals surface area contributed by atoms with Gasteiger partial charge in [-0.05, 0) is 13.0 Å². The molecule has 0 spiro atoms. The Morgan fingerprint density at radius 2 is 2.15 bits per heavy atom. The first-order valence-corrected chi connectivity index (χ1v) is 5.58. The van der Waals surface area contributed by atoms with Crippen molar-refractivity contribution < 1.29 is 24.1 Å². The first-order valence-electron chi connectivity index (χ1n) is 5.58. The number of amides is 2. The van der Waals surface area contributed by atoms with E-state index in [1.165, 1.54) is 18.2 Å². The van der Waals surface area contributed by atoms with Crippen LogP contribution < -0.4 is 16.0 Å². The number of ether oxygens (including phenoxy) is 1. The number of carbonyl (C=O) groups excluding carboxylic acids is 2. The third-order valence-corrected chi connectivity index (χ3v) is 2.10. The van der Waals surface area contributed by atoms with Crippen LogP contribution in [0.25, 0.3) is 0 Å². The number of hydrogen-bond donors (Lipinski definition) is 2. The predicted octanol–water partition coefficient (Wildman–Crippen LogP) is 0.140. The summed E-state index contributed by atoms with van der Waals surface area (Å²) in [4.78, 5) is 37.0. The van der Waals surface area contributed by atoms with Gasteiger partial charge in [-0.15, -0.1) is 0 Å². The number of nitrogens with one attached hydrogen (secondary N) is 1. The highest BCUT2D eigenvalue weighted by Gasteiger charge is 2.23. The molecule has 9 heteroatoms. The summed E-state index contributed by atoms with van der Waals surface area (Å²) in [5, 5.41) is 10.9. The molecule has 0 saturated heterocycles. The molecule has 0 aliphatic rings. The summed E-state index contributed by atoms with van der Waals surface area (Å²) in [6, 6.07) is 3.89. The molecule has 0 fully saturated rings. The van der Waals surface area contributed by atoms with E-state index in [1.54, 1.807) is 6.92 Å². The standard InChI is InChI=1S/C11H13N3O6/c1-2-19-10-7(4-3-5-8(10)14(17)18)11(16)13-20-6-9(12)15/h3-5H,2,6H2,1H3,(H2,12,15)(H,13,16). The Hall–Kier alpha value is -2.68. The molecule has 9 nitrogen and oxygen atoms in total. The van der Waals surface area contributed by atoms with Crippen molar-refractivity contribution in [2.45, 2.75) is 6.92 Å². The molecule has 0 atom stereocenters. The lowest BCUT2D eigenvalue weighted by molar-refractivity contribution is -0.385. The Balaban J connectivity index is 2.98. The normalized spacial score (nSPS) is 9.85. The van der Waals surface area contributed by atoms with Crippen LogP contribution in [-0.2, 0) is 9.63 Å². The minimum Gasteiger partial charge on any atom is -0.487 e. The van der Waals surface area contributed by atoms with Crippen molar-refractivity contribution in [1.29, 1.82) is 0 Å². The monoisotopic (exact) mass is 283 g/mol. The van der Waals surface area contributed by atoms with Crippen LogP contribution in [0.3, 0.4) is 0 Å². The van der Waals surface area contributed by atoms with E-state index in [1.807, 2.05) is 5.48 Å². The third-order valence-electron chi connectivity index (χ3n) is 2.10. The fourth-order valence-corrected chi connectivity index (χ4v) is 1.37. The van der Waals surface area contributed by atoms with Gasteiger partial charge >= 0.3 is 5.69 Å². The number of benzene rings is 1. The zero-order chi connectivity index (χ0) is 15.1. The van der Waals surface area contributed by atoms with Gasteiger partial charge < -0.3 is 10.5 Å². The lowest BCUT2D eigenvalue weighted by atomic mass is 10.1. The van der Waals surface area contributed by atoms with Crippen LogP contribution in [0, 0.1) is 10.1 Å². The van der Waals surface area contributed by atoms with Crippen molar-refractivity contribution in [3.63, 3.8) is 0 Å². The average Bonchev–Trinajstić information content (AvgIpc) is 2.38. The molecule has 0 aliphatic heterocycles. The maximum absolute atomic E-state index is 11.8. The van der Waals surface area contributed by atoms with E-state index < -0.39 is 23.3 Å². The van der Waals surface area contributed by atoms with Crippen molar-refractivity contribution >= 4 is 17.5 Å². The highest BCUT2D eigenvalue weighted by Crippen LogP contribution is 2.30. The molecule has 1 aromatic rings. The van der Waals surface area contributed by atoms with E-state index in [2.05, 4.69) is 4.84 Å². The minimum atomic E-state index is -0.779. The van der Waals surface area contributed by atoms with Gasteiger partial charge in [-0.3, -0.25) is 24.5 Å². The summed E-state index contributed by atoms with van der Waals surface area (Å²) in [7, 11) is 0. The molecule has 108 valence electrons. The number of carbonyl (C=O) groups is 2. The summed E-state index contributed by atoms with van der Waals surface area (Å²) in [6.07, 6.45) is 0. The lowest BCUT2D eigenvalue weighted by Gasteiger charge is -2.10. The highest BCUT2D eigenvalue weighted by atomic mass is 16.7. The number of para-hydroxylation sites is 1. The quantitative estimate of drug-likeness (QED) is 0.540. The second kappa shape index (κ2) is 7.04.